The molecule has 3 aromatic rings. The number of carbonyl (C=O) groups excluding carboxylic acids is 1. The van der Waals surface area contributed by atoms with Crippen LogP contribution in [0, 0.1) is 11.3 Å². The van der Waals surface area contributed by atoms with Gasteiger partial charge < -0.3 is 19.1 Å². The standard InChI is InChI=1S/C35H43NO4/c1-7-31(25-11-9-8-10-12-25)32(27-15-19-30(20-16-27)40-34(37)35(2,3)4)26-13-17-29(18-14-26)36-23-21-28(22-24-36)33(38-5)39-6/h8-20,28,33H,7,21-24H2,1-6H3/b32-31+. The maximum absolute atomic E-state index is 12.4. The van der Waals surface area contributed by atoms with Gasteiger partial charge in [0.2, 0.25) is 0 Å². The molecule has 0 saturated carbocycles. The Morgan fingerprint density at radius 3 is 1.88 bits per heavy atom. The Labute approximate surface area is 239 Å². The number of nitrogens with zero attached hydrogens (tertiary/aromatic N) is 1. The largest absolute Gasteiger partial charge is 0.426 e. The van der Waals surface area contributed by atoms with E-state index in [1.54, 1.807) is 14.2 Å². The van der Waals surface area contributed by atoms with E-state index in [9.17, 15) is 4.79 Å². The number of rotatable bonds is 9. The summed E-state index contributed by atoms with van der Waals surface area (Å²) >= 11 is 0. The maximum Gasteiger partial charge on any atom is 0.316 e. The van der Waals surface area contributed by atoms with Gasteiger partial charge in [0.15, 0.2) is 6.29 Å². The summed E-state index contributed by atoms with van der Waals surface area (Å²) in [6, 6.07) is 27.4. The summed E-state index contributed by atoms with van der Waals surface area (Å²) in [5, 5.41) is 0. The number of ether oxygens (including phenoxy) is 3. The topological polar surface area (TPSA) is 48.0 Å². The van der Waals surface area contributed by atoms with E-state index >= 15 is 0 Å². The quantitative estimate of drug-likeness (QED) is 0.120. The molecule has 1 aliphatic rings. The molecule has 5 nitrogen and oxygen atoms in total. The molecule has 1 saturated heterocycles. The van der Waals surface area contributed by atoms with Crippen molar-refractivity contribution in [3.05, 3.63) is 95.6 Å². The van der Waals surface area contributed by atoms with Crippen LogP contribution in [0.3, 0.4) is 0 Å². The van der Waals surface area contributed by atoms with Gasteiger partial charge >= 0.3 is 5.97 Å². The summed E-state index contributed by atoms with van der Waals surface area (Å²) in [6.45, 7) is 9.75. The molecule has 0 bridgehead atoms. The zero-order valence-corrected chi connectivity index (χ0v) is 24.8. The van der Waals surface area contributed by atoms with Gasteiger partial charge in [0, 0.05) is 38.9 Å². The number of allylic oxidation sites excluding steroid dienone is 1. The SMILES string of the molecule is CC/C(=C(\c1ccc(OC(=O)C(C)(C)C)cc1)c1ccc(N2CCC(C(OC)OC)CC2)cc1)c1ccccc1. The molecular weight excluding hydrogens is 498 g/mol. The minimum atomic E-state index is -0.557. The first kappa shape index (κ1) is 29.6. The minimum Gasteiger partial charge on any atom is -0.426 e. The normalized spacial score (nSPS) is 15.2. The highest BCUT2D eigenvalue weighted by Gasteiger charge is 2.27. The van der Waals surface area contributed by atoms with E-state index in [-0.39, 0.29) is 12.3 Å². The Kier molecular flexibility index (Phi) is 9.83. The number of esters is 1. The van der Waals surface area contributed by atoms with Crippen LogP contribution in [0.15, 0.2) is 78.9 Å². The molecule has 40 heavy (non-hydrogen) atoms. The molecule has 0 aliphatic carbocycles. The fourth-order valence-electron chi connectivity index (χ4n) is 5.38. The number of carbonyl (C=O) groups is 1. The lowest BCUT2D eigenvalue weighted by atomic mass is 9.88. The van der Waals surface area contributed by atoms with Gasteiger partial charge in [0.05, 0.1) is 5.41 Å². The lowest BCUT2D eigenvalue weighted by Crippen LogP contribution is -2.39. The molecule has 0 radical (unpaired) electrons. The van der Waals surface area contributed by atoms with E-state index in [1.165, 1.54) is 22.4 Å². The molecule has 0 spiro atoms. The minimum absolute atomic E-state index is 0.133. The number of hydrogen-bond donors (Lipinski definition) is 0. The molecule has 212 valence electrons. The lowest BCUT2D eigenvalue weighted by Gasteiger charge is -2.36. The predicted molar refractivity (Wildman–Crippen MR) is 163 cm³/mol. The van der Waals surface area contributed by atoms with Crippen LogP contribution in [0.4, 0.5) is 5.69 Å². The van der Waals surface area contributed by atoms with Crippen molar-refractivity contribution in [1.82, 2.24) is 0 Å². The van der Waals surface area contributed by atoms with Crippen LogP contribution < -0.4 is 9.64 Å². The zero-order chi connectivity index (χ0) is 28.7. The smallest absolute Gasteiger partial charge is 0.316 e. The van der Waals surface area contributed by atoms with E-state index in [2.05, 4.69) is 72.5 Å². The van der Waals surface area contributed by atoms with E-state index in [0.717, 1.165) is 43.5 Å². The van der Waals surface area contributed by atoms with Crippen LogP contribution in [0.25, 0.3) is 11.1 Å². The first-order chi connectivity index (χ1) is 19.2. The average Bonchev–Trinajstić information content (AvgIpc) is 2.97. The van der Waals surface area contributed by atoms with Gasteiger partial charge in [-0.1, -0.05) is 61.5 Å². The highest BCUT2D eigenvalue weighted by atomic mass is 16.7. The van der Waals surface area contributed by atoms with Gasteiger partial charge in [-0.2, -0.15) is 0 Å². The number of hydrogen-bond acceptors (Lipinski definition) is 5. The molecule has 0 N–H and O–H groups in total. The number of methoxy groups -OCH3 is 2. The van der Waals surface area contributed by atoms with Crippen molar-refractivity contribution in [2.24, 2.45) is 11.3 Å². The summed E-state index contributed by atoms with van der Waals surface area (Å²) in [4.78, 5) is 14.9. The van der Waals surface area contributed by atoms with Crippen molar-refractivity contribution in [3.8, 4) is 5.75 Å². The van der Waals surface area contributed by atoms with Crippen LogP contribution in [0.5, 0.6) is 5.75 Å². The van der Waals surface area contributed by atoms with Gasteiger partial charge in [-0.25, -0.2) is 0 Å². The lowest BCUT2D eigenvalue weighted by molar-refractivity contribution is -0.143. The molecule has 1 aliphatic heterocycles. The fourth-order valence-corrected chi connectivity index (χ4v) is 5.38. The number of anilines is 1. The summed E-state index contributed by atoms with van der Waals surface area (Å²) in [5.74, 6) is 0.738. The second-order valence-electron chi connectivity index (χ2n) is 11.4. The molecular formula is C35H43NO4. The predicted octanol–water partition coefficient (Wildman–Crippen LogP) is 7.84. The van der Waals surface area contributed by atoms with Crippen LogP contribution in [-0.2, 0) is 14.3 Å². The molecule has 5 heteroatoms. The fraction of sp³-hybridized carbons (Fsp3) is 0.400. The third-order valence-electron chi connectivity index (χ3n) is 7.65. The Morgan fingerprint density at radius 1 is 0.825 bits per heavy atom. The average molecular weight is 542 g/mol. The van der Waals surface area contributed by atoms with Gasteiger partial charge in [-0.3, -0.25) is 4.79 Å². The van der Waals surface area contributed by atoms with Crippen molar-refractivity contribution >= 4 is 22.8 Å². The Bertz CT molecular complexity index is 1260. The molecule has 1 heterocycles. The molecule has 0 atom stereocenters. The molecule has 1 fully saturated rings. The first-order valence-corrected chi connectivity index (χ1v) is 14.3. The molecule has 0 aromatic heterocycles. The second-order valence-corrected chi connectivity index (χ2v) is 11.4. The molecule has 0 amide bonds. The summed E-state index contributed by atoms with van der Waals surface area (Å²) in [5.41, 5.74) is 6.61. The zero-order valence-electron chi connectivity index (χ0n) is 24.8. The molecule has 4 rings (SSSR count). The summed E-state index contributed by atoms with van der Waals surface area (Å²) in [7, 11) is 3.44. The van der Waals surface area contributed by atoms with Crippen LogP contribution in [-0.4, -0.2) is 39.6 Å². The van der Waals surface area contributed by atoms with E-state index < -0.39 is 5.41 Å². The van der Waals surface area contributed by atoms with Gasteiger partial charge in [0.25, 0.3) is 0 Å². The highest BCUT2D eigenvalue weighted by Crippen LogP contribution is 2.36. The van der Waals surface area contributed by atoms with Crippen molar-refractivity contribution < 1.29 is 19.0 Å². The summed E-state index contributed by atoms with van der Waals surface area (Å²) in [6.07, 6.45) is 2.83. The highest BCUT2D eigenvalue weighted by molar-refractivity contribution is 5.98. The van der Waals surface area contributed by atoms with Gasteiger partial charge in [-0.15, -0.1) is 0 Å². The number of piperidine rings is 1. The van der Waals surface area contributed by atoms with Gasteiger partial charge in [0.1, 0.15) is 5.75 Å². The van der Waals surface area contributed by atoms with Crippen LogP contribution >= 0.6 is 0 Å². The van der Waals surface area contributed by atoms with Crippen LogP contribution in [0.2, 0.25) is 0 Å². The van der Waals surface area contributed by atoms with Gasteiger partial charge in [-0.05, 0) is 92.1 Å². The Balaban J connectivity index is 1.64. The van der Waals surface area contributed by atoms with E-state index in [0.29, 0.717) is 11.7 Å². The monoisotopic (exact) mass is 541 g/mol. The number of benzene rings is 3. The van der Waals surface area contributed by atoms with Crippen molar-refractivity contribution in [3.63, 3.8) is 0 Å². The van der Waals surface area contributed by atoms with Crippen LogP contribution in [0.1, 0.15) is 63.6 Å². The van der Waals surface area contributed by atoms with Crippen molar-refractivity contribution in [1.29, 1.82) is 0 Å². The molecule has 3 aromatic carbocycles. The van der Waals surface area contributed by atoms with Crippen molar-refractivity contribution in [2.45, 2.75) is 53.2 Å². The summed E-state index contributed by atoms with van der Waals surface area (Å²) < 4.78 is 16.6. The van der Waals surface area contributed by atoms with E-state index in [1.807, 2.05) is 39.0 Å². The Morgan fingerprint density at radius 2 is 1.38 bits per heavy atom. The third kappa shape index (κ3) is 7.01. The third-order valence-corrected chi connectivity index (χ3v) is 7.65. The molecule has 0 unspecified atom stereocenters. The second kappa shape index (κ2) is 13.3. The van der Waals surface area contributed by atoms with Crippen molar-refractivity contribution in [2.75, 3.05) is 32.2 Å². The van der Waals surface area contributed by atoms with E-state index in [4.69, 9.17) is 14.2 Å². The maximum atomic E-state index is 12.4. The Hall–Kier alpha value is -3.41. The first-order valence-electron chi connectivity index (χ1n) is 14.3.